The Morgan fingerprint density at radius 3 is 2.83 bits per heavy atom. The Kier molecular flexibility index (Phi) is 4.92. The molecule has 0 spiro atoms. The Bertz CT molecular complexity index is 751. The fraction of sp³-hybridized carbons (Fsp3) is 0.444. The van der Waals surface area contributed by atoms with E-state index < -0.39 is 0 Å². The summed E-state index contributed by atoms with van der Waals surface area (Å²) in [5.41, 5.74) is 5.21. The molecule has 4 rings (SSSR count). The quantitative estimate of drug-likeness (QED) is 0.890. The van der Waals surface area contributed by atoms with Gasteiger partial charge in [0, 0.05) is 36.8 Å². The number of rotatable bonds is 4. The molecule has 1 aliphatic carbocycles. The standard InChI is InChI=1S/C18H22N4O.ClH/c1-12-5-2-3-7-15(12)22-16-8-4-6-14(16)17(21-22)18(23)20-11-13-9-19-10-13;/h2-3,5,7,13,19H,4,6,8-11H2,1H3,(H,20,23);1H. The summed E-state index contributed by atoms with van der Waals surface area (Å²) in [6.45, 7) is 4.81. The third kappa shape index (κ3) is 2.94. The minimum Gasteiger partial charge on any atom is -0.350 e. The summed E-state index contributed by atoms with van der Waals surface area (Å²) in [6.07, 6.45) is 3.05. The van der Waals surface area contributed by atoms with E-state index in [1.54, 1.807) is 0 Å². The molecule has 0 bridgehead atoms. The maximum Gasteiger partial charge on any atom is 0.272 e. The van der Waals surface area contributed by atoms with Gasteiger partial charge in [0.15, 0.2) is 5.69 Å². The molecule has 2 heterocycles. The number of para-hydroxylation sites is 1. The predicted molar refractivity (Wildman–Crippen MR) is 96.3 cm³/mol. The zero-order chi connectivity index (χ0) is 15.8. The van der Waals surface area contributed by atoms with Crippen LogP contribution in [0.25, 0.3) is 5.69 Å². The Labute approximate surface area is 148 Å². The van der Waals surface area contributed by atoms with Crippen LogP contribution in [0.15, 0.2) is 24.3 Å². The molecule has 128 valence electrons. The number of hydrogen-bond acceptors (Lipinski definition) is 3. The first-order valence-electron chi connectivity index (χ1n) is 8.39. The molecule has 2 N–H and O–H groups in total. The second kappa shape index (κ2) is 6.95. The number of aromatic nitrogens is 2. The molecule has 2 aromatic rings. The fourth-order valence-electron chi connectivity index (χ4n) is 3.43. The number of carbonyl (C=O) groups excluding carboxylic acids is 1. The van der Waals surface area contributed by atoms with Crippen molar-refractivity contribution in [2.75, 3.05) is 19.6 Å². The van der Waals surface area contributed by atoms with Gasteiger partial charge in [-0.1, -0.05) is 18.2 Å². The van der Waals surface area contributed by atoms with Gasteiger partial charge in [0.05, 0.1) is 5.69 Å². The van der Waals surface area contributed by atoms with Gasteiger partial charge in [-0.2, -0.15) is 5.10 Å². The Balaban J connectivity index is 0.00000169. The van der Waals surface area contributed by atoms with E-state index in [1.165, 1.54) is 11.3 Å². The number of nitrogens with zero attached hydrogens (tertiary/aromatic N) is 2. The van der Waals surface area contributed by atoms with Crippen molar-refractivity contribution >= 4 is 18.3 Å². The predicted octanol–water partition coefficient (Wildman–Crippen LogP) is 2.04. The van der Waals surface area contributed by atoms with Gasteiger partial charge in [0.2, 0.25) is 0 Å². The lowest BCUT2D eigenvalue weighted by atomic mass is 10.0. The Morgan fingerprint density at radius 2 is 2.12 bits per heavy atom. The van der Waals surface area contributed by atoms with E-state index in [1.807, 2.05) is 16.8 Å². The molecule has 1 aliphatic heterocycles. The first-order chi connectivity index (χ1) is 11.2. The van der Waals surface area contributed by atoms with Crippen molar-refractivity contribution in [1.29, 1.82) is 0 Å². The summed E-state index contributed by atoms with van der Waals surface area (Å²) in [4.78, 5) is 12.6. The Morgan fingerprint density at radius 1 is 1.33 bits per heavy atom. The fourth-order valence-corrected chi connectivity index (χ4v) is 3.43. The normalized spacial score (nSPS) is 16.2. The van der Waals surface area contributed by atoms with Crippen LogP contribution in [0, 0.1) is 12.8 Å². The van der Waals surface area contributed by atoms with Crippen LogP contribution in [0.1, 0.15) is 33.7 Å². The van der Waals surface area contributed by atoms with Gasteiger partial charge in [-0.3, -0.25) is 4.79 Å². The minimum atomic E-state index is -0.0256. The van der Waals surface area contributed by atoms with E-state index in [2.05, 4.69) is 34.8 Å². The van der Waals surface area contributed by atoms with Gasteiger partial charge in [-0.25, -0.2) is 4.68 Å². The van der Waals surface area contributed by atoms with Crippen molar-refractivity contribution in [2.45, 2.75) is 26.2 Å². The number of hydrogen-bond donors (Lipinski definition) is 2. The molecular weight excluding hydrogens is 324 g/mol. The molecule has 0 atom stereocenters. The first kappa shape index (κ1) is 17.0. The van der Waals surface area contributed by atoms with Crippen LogP contribution in [0.2, 0.25) is 0 Å². The lowest BCUT2D eigenvalue weighted by Gasteiger charge is -2.26. The third-order valence-electron chi connectivity index (χ3n) is 4.91. The second-order valence-corrected chi connectivity index (χ2v) is 6.56. The van der Waals surface area contributed by atoms with Crippen molar-refractivity contribution in [3.05, 3.63) is 46.8 Å². The maximum atomic E-state index is 12.6. The number of benzene rings is 1. The molecule has 0 saturated carbocycles. The first-order valence-corrected chi connectivity index (χ1v) is 8.39. The highest BCUT2D eigenvalue weighted by molar-refractivity contribution is 5.94. The van der Waals surface area contributed by atoms with E-state index in [9.17, 15) is 4.79 Å². The summed E-state index contributed by atoms with van der Waals surface area (Å²) in [7, 11) is 0. The van der Waals surface area contributed by atoms with E-state index >= 15 is 0 Å². The number of nitrogens with one attached hydrogen (secondary N) is 2. The molecule has 1 fully saturated rings. The topological polar surface area (TPSA) is 59.0 Å². The van der Waals surface area contributed by atoms with E-state index in [-0.39, 0.29) is 18.3 Å². The van der Waals surface area contributed by atoms with Gasteiger partial charge >= 0.3 is 0 Å². The largest absolute Gasteiger partial charge is 0.350 e. The van der Waals surface area contributed by atoms with Crippen molar-refractivity contribution in [1.82, 2.24) is 20.4 Å². The molecule has 24 heavy (non-hydrogen) atoms. The van der Waals surface area contributed by atoms with Crippen LogP contribution < -0.4 is 10.6 Å². The maximum absolute atomic E-state index is 12.6. The van der Waals surface area contributed by atoms with Gasteiger partial charge in [-0.05, 0) is 37.8 Å². The Hall–Kier alpha value is -1.85. The van der Waals surface area contributed by atoms with Crippen LogP contribution in [0.3, 0.4) is 0 Å². The highest BCUT2D eigenvalue weighted by Gasteiger charge is 2.28. The number of carbonyl (C=O) groups is 1. The number of fused-ring (bicyclic) bond motifs is 1. The third-order valence-corrected chi connectivity index (χ3v) is 4.91. The summed E-state index contributed by atoms with van der Waals surface area (Å²) in [6, 6.07) is 8.21. The lowest BCUT2D eigenvalue weighted by molar-refractivity contribution is 0.0936. The van der Waals surface area contributed by atoms with Crippen LogP contribution >= 0.6 is 12.4 Å². The molecule has 1 amide bonds. The van der Waals surface area contributed by atoms with Gasteiger partial charge in [0.1, 0.15) is 0 Å². The average Bonchev–Trinajstić information content (AvgIpc) is 3.08. The molecule has 0 unspecified atom stereocenters. The van der Waals surface area contributed by atoms with Gasteiger partial charge in [-0.15, -0.1) is 12.4 Å². The van der Waals surface area contributed by atoms with Crippen molar-refractivity contribution < 1.29 is 4.79 Å². The zero-order valence-electron chi connectivity index (χ0n) is 13.8. The van der Waals surface area contributed by atoms with Gasteiger partial charge in [0.25, 0.3) is 5.91 Å². The van der Waals surface area contributed by atoms with Crippen LogP contribution in [0.4, 0.5) is 0 Å². The molecule has 6 heteroatoms. The molecule has 1 saturated heterocycles. The second-order valence-electron chi connectivity index (χ2n) is 6.56. The summed E-state index contributed by atoms with van der Waals surface area (Å²) in [5.74, 6) is 0.535. The lowest BCUT2D eigenvalue weighted by Crippen LogP contribution is -2.48. The van der Waals surface area contributed by atoms with Crippen LogP contribution in [-0.4, -0.2) is 35.3 Å². The highest BCUT2D eigenvalue weighted by Crippen LogP contribution is 2.28. The molecule has 1 aromatic carbocycles. The van der Waals surface area contributed by atoms with Crippen LogP contribution in [0.5, 0.6) is 0 Å². The molecule has 2 aliphatic rings. The van der Waals surface area contributed by atoms with Gasteiger partial charge < -0.3 is 10.6 Å². The average molecular weight is 347 g/mol. The monoisotopic (exact) mass is 346 g/mol. The van der Waals surface area contributed by atoms with Crippen LogP contribution in [-0.2, 0) is 12.8 Å². The minimum absolute atomic E-state index is 0. The molecule has 1 aromatic heterocycles. The SMILES string of the molecule is Cc1ccccc1-n1nc(C(=O)NCC2CNC2)c2c1CCC2.Cl. The summed E-state index contributed by atoms with van der Waals surface area (Å²) < 4.78 is 1.98. The van der Waals surface area contributed by atoms with E-state index in [4.69, 9.17) is 0 Å². The molecule has 0 radical (unpaired) electrons. The summed E-state index contributed by atoms with van der Waals surface area (Å²) in [5, 5.41) is 11.0. The molecular formula is C18H23ClN4O. The number of amides is 1. The van der Waals surface area contributed by atoms with E-state index in [0.717, 1.165) is 50.1 Å². The van der Waals surface area contributed by atoms with E-state index in [0.29, 0.717) is 11.6 Å². The summed E-state index contributed by atoms with van der Waals surface area (Å²) >= 11 is 0. The van der Waals surface area contributed by atoms with Crippen molar-refractivity contribution in [3.8, 4) is 5.69 Å². The zero-order valence-corrected chi connectivity index (χ0v) is 14.7. The molecule has 5 nitrogen and oxygen atoms in total. The van der Waals surface area contributed by atoms with Crippen molar-refractivity contribution in [2.24, 2.45) is 5.92 Å². The number of aryl methyl sites for hydroxylation is 1. The highest BCUT2D eigenvalue weighted by atomic mass is 35.5. The smallest absolute Gasteiger partial charge is 0.272 e. The number of halogens is 1. The van der Waals surface area contributed by atoms with Crippen molar-refractivity contribution in [3.63, 3.8) is 0 Å².